The van der Waals surface area contributed by atoms with E-state index in [2.05, 4.69) is 4.98 Å². The van der Waals surface area contributed by atoms with Gasteiger partial charge >= 0.3 is 6.09 Å². The summed E-state index contributed by atoms with van der Waals surface area (Å²) < 4.78 is 5.78. The van der Waals surface area contributed by atoms with E-state index in [9.17, 15) is 4.79 Å². The van der Waals surface area contributed by atoms with Crippen LogP contribution in [0.5, 0.6) is 5.75 Å². The second kappa shape index (κ2) is 6.97. The highest BCUT2D eigenvalue weighted by atomic mass is 32.1. The van der Waals surface area contributed by atoms with E-state index in [1.807, 2.05) is 24.3 Å². The van der Waals surface area contributed by atoms with Gasteiger partial charge in [0.25, 0.3) is 0 Å². The number of benzene rings is 1. The van der Waals surface area contributed by atoms with Crippen LogP contribution in [0.15, 0.2) is 30.5 Å². The molecule has 1 aliphatic rings. The Morgan fingerprint density at radius 1 is 1.43 bits per heavy atom. The number of hydrogen-bond acceptors (Lipinski definition) is 5. The van der Waals surface area contributed by atoms with Crippen molar-refractivity contribution in [1.82, 2.24) is 9.88 Å². The fourth-order valence-electron chi connectivity index (χ4n) is 2.59. The molecule has 6 nitrogen and oxygen atoms in total. The maximum Gasteiger partial charge on any atom is 0.407 e. The summed E-state index contributed by atoms with van der Waals surface area (Å²) in [7, 11) is 0. The Kier molecular flexibility index (Phi) is 4.78. The predicted octanol–water partition coefficient (Wildman–Crippen LogP) is 2.65. The summed E-state index contributed by atoms with van der Waals surface area (Å²) in [6.45, 7) is 2.19. The lowest BCUT2D eigenvalue weighted by Crippen LogP contribution is -2.27. The fourth-order valence-corrected chi connectivity index (χ4v) is 3.38. The van der Waals surface area contributed by atoms with Crippen LogP contribution in [-0.2, 0) is 6.54 Å². The highest BCUT2D eigenvalue weighted by Gasteiger charge is 2.26. The Hall–Kier alpha value is -2.12. The zero-order chi connectivity index (χ0) is 16.2. The molecule has 0 aliphatic carbocycles. The van der Waals surface area contributed by atoms with Crippen molar-refractivity contribution < 1.29 is 14.6 Å². The molecular weight excluding hydrogens is 314 g/mol. The zero-order valence-electron chi connectivity index (χ0n) is 12.6. The summed E-state index contributed by atoms with van der Waals surface area (Å²) in [6.07, 6.45) is 1.81. The topological polar surface area (TPSA) is 88.7 Å². The smallest absolute Gasteiger partial charge is 0.407 e. The molecule has 3 N–H and O–H groups in total. The van der Waals surface area contributed by atoms with Gasteiger partial charge in [-0.1, -0.05) is 0 Å². The van der Waals surface area contributed by atoms with E-state index >= 15 is 0 Å². The first kappa shape index (κ1) is 15.8. The number of aromatic nitrogens is 1. The van der Waals surface area contributed by atoms with Gasteiger partial charge in [0.05, 0.1) is 6.61 Å². The molecule has 2 heterocycles. The Bertz CT molecular complexity index is 671. The molecule has 1 saturated heterocycles. The molecule has 1 aromatic carbocycles. The van der Waals surface area contributed by atoms with E-state index < -0.39 is 6.09 Å². The molecule has 0 spiro atoms. The van der Waals surface area contributed by atoms with Gasteiger partial charge in [0, 0.05) is 42.2 Å². The van der Waals surface area contributed by atoms with Crippen LogP contribution in [0.4, 0.5) is 4.79 Å². The second-order valence-corrected chi connectivity index (χ2v) is 6.67. The van der Waals surface area contributed by atoms with Gasteiger partial charge in [-0.3, -0.25) is 0 Å². The maximum absolute atomic E-state index is 10.9. The molecule has 1 fully saturated rings. The number of carbonyl (C=O) groups is 1. The summed E-state index contributed by atoms with van der Waals surface area (Å²) in [5.41, 5.74) is 6.64. The van der Waals surface area contributed by atoms with Crippen LogP contribution in [0.3, 0.4) is 0 Å². The maximum atomic E-state index is 10.9. The number of likely N-dealkylation sites (tertiary alicyclic amines) is 1. The minimum atomic E-state index is -0.850. The van der Waals surface area contributed by atoms with Gasteiger partial charge in [-0.2, -0.15) is 0 Å². The van der Waals surface area contributed by atoms with Crippen molar-refractivity contribution in [2.24, 2.45) is 11.7 Å². The average Bonchev–Trinajstić information content (AvgIpc) is 3.23. The van der Waals surface area contributed by atoms with Crippen molar-refractivity contribution in [3.05, 3.63) is 35.3 Å². The molecule has 1 aromatic heterocycles. The summed E-state index contributed by atoms with van der Waals surface area (Å²) in [6, 6.07) is 7.80. The molecule has 122 valence electrons. The molecule has 1 atom stereocenters. The molecular formula is C16H19N3O3S. The minimum Gasteiger partial charge on any atom is -0.493 e. The third-order valence-corrected chi connectivity index (χ3v) is 4.97. The molecule has 2 aromatic rings. The molecule has 3 rings (SSSR count). The van der Waals surface area contributed by atoms with Crippen molar-refractivity contribution in [2.45, 2.75) is 13.0 Å². The minimum absolute atomic E-state index is 0.261. The van der Waals surface area contributed by atoms with E-state index in [4.69, 9.17) is 15.6 Å². The number of nitrogens with zero attached hydrogens (tertiary/aromatic N) is 2. The van der Waals surface area contributed by atoms with Crippen molar-refractivity contribution in [2.75, 3.05) is 19.7 Å². The van der Waals surface area contributed by atoms with Gasteiger partial charge in [-0.05, 0) is 30.7 Å². The van der Waals surface area contributed by atoms with Crippen LogP contribution in [-0.4, -0.2) is 40.8 Å². The summed E-state index contributed by atoms with van der Waals surface area (Å²) in [4.78, 5) is 17.7. The molecule has 7 heteroatoms. The summed E-state index contributed by atoms with van der Waals surface area (Å²) in [5.74, 6) is 1.05. The highest BCUT2D eigenvalue weighted by molar-refractivity contribution is 7.15. The molecule has 23 heavy (non-hydrogen) atoms. The number of amides is 1. The van der Waals surface area contributed by atoms with Gasteiger partial charge in [-0.15, -0.1) is 11.3 Å². The van der Waals surface area contributed by atoms with Gasteiger partial charge in [0.2, 0.25) is 0 Å². The normalized spacial score (nSPS) is 17.4. The van der Waals surface area contributed by atoms with Crippen LogP contribution < -0.4 is 10.5 Å². The number of ether oxygens (including phenoxy) is 1. The lowest BCUT2D eigenvalue weighted by atomic mass is 10.1. The molecule has 1 aliphatic heterocycles. The van der Waals surface area contributed by atoms with Crippen LogP contribution in [0, 0.1) is 5.92 Å². The van der Waals surface area contributed by atoms with Crippen LogP contribution in [0.25, 0.3) is 10.6 Å². The molecule has 0 saturated carbocycles. The first-order valence-electron chi connectivity index (χ1n) is 7.51. The number of nitrogens with two attached hydrogens (primary N) is 1. The van der Waals surface area contributed by atoms with Crippen molar-refractivity contribution in [3.8, 4) is 16.3 Å². The van der Waals surface area contributed by atoms with E-state index in [1.54, 1.807) is 17.5 Å². The first-order chi connectivity index (χ1) is 11.2. The number of rotatable bonds is 5. The zero-order valence-corrected chi connectivity index (χ0v) is 13.5. The van der Waals surface area contributed by atoms with Crippen LogP contribution in [0.1, 0.15) is 11.3 Å². The Morgan fingerprint density at radius 2 is 2.22 bits per heavy atom. The first-order valence-corrected chi connectivity index (χ1v) is 8.33. The number of hydrogen-bond donors (Lipinski definition) is 2. The van der Waals surface area contributed by atoms with E-state index in [0.717, 1.165) is 27.6 Å². The SMILES string of the molecule is NCc1cnc(-c2ccc(OCC3CCN(C(=O)O)C3)cc2)s1. The van der Waals surface area contributed by atoms with Crippen molar-refractivity contribution >= 4 is 17.4 Å². The Balaban J connectivity index is 1.55. The summed E-state index contributed by atoms with van der Waals surface area (Å²) in [5, 5.41) is 9.90. The van der Waals surface area contributed by atoms with Gasteiger partial charge in [0.15, 0.2) is 0 Å². The van der Waals surface area contributed by atoms with E-state index in [1.165, 1.54) is 4.90 Å². The lowest BCUT2D eigenvalue weighted by molar-refractivity contribution is 0.151. The standard InChI is InChI=1S/C16H19N3O3S/c17-7-14-8-18-15(23-14)12-1-3-13(4-2-12)22-10-11-5-6-19(9-11)16(20)21/h1-4,8,11H,5-7,9-10,17H2,(H,20,21). The Labute approximate surface area is 138 Å². The third-order valence-electron chi connectivity index (χ3n) is 3.90. The summed E-state index contributed by atoms with van der Waals surface area (Å²) >= 11 is 1.59. The molecule has 1 unspecified atom stereocenters. The average molecular weight is 333 g/mol. The molecule has 0 bridgehead atoms. The highest BCUT2D eigenvalue weighted by Crippen LogP contribution is 2.27. The van der Waals surface area contributed by atoms with E-state index in [0.29, 0.717) is 26.2 Å². The monoisotopic (exact) mass is 333 g/mol. The van der Waals surface area contributed by atoms with Gasteiger partial charge in [0.1, 0.15) is 10.8 Å². The molecule has 0 radical (unpaired) electrons. The third kappa shape index (κ3) is 3.80. The van der Waals surface area contributed by atoms with Crippen molar-refractivity contribution in [1.29, 1.82) is 0 Å². The Morgan fingerprint density at radius 3 is 2.83 bits per heavy atom. The quantitative estimate of drug-likeness (QED) is 0.878. The number of carboxylic acid groups (broad SMARTS) is 1. The molecule has 1 amide bonds. The fraction of sp³-hybridized carbons (Fsp3) is 0.375. The number of thiazole rings is 1. The van der Waals surface area contributed by atoms with Crippen LogP contribution >= 0.6 is 11.3 Å². The second-order valence-electron chi connectivity index (χ2n) is 5.55. The van der Waals surface area contributed by atoms with Crippen LogP contribution in [0.2, 0.25) is 0 Å². The van der Waals surface area contributed by atoms with E-state index in [-0.39, 0.29) is 5.92 Å². The van der Waals surface area contributed by atoms with Crippen molar-refractivity contribution in [3.63, 3.8) is 0 Å². The lowest BCUT2D eigenvalue weighted by Gasteiger charge is -2.13. The van der Waals surface area contributed by atoms with Gasteiger partial charge < -0.3 is 20.5 Å². The predicted molar refractivity (Wildman–Crippen MR) is 88.6 cm³/mol. The largest absolute Gasteiger partial charge is 0.493 e. The van der Waals surface area contributed by atoms with Gasteiger partial charge in [-0.25, -0.2) is 9.78 Å².